The molecule has 0 aromatic heterocycles. The normalized spacial score (nSPS) is 16.8. The van der Waals surface area contributed by atoms with Crippen molar-refractivity contribution < 1.29 is 19.4 Å². The van der Waals surface area contributed by atoms with Gasteiger partial charge in [-0.3, -0.25) is 0 Å². The molecule has 0 saturated heterocycles. The summed E-state index contributed by atoms with van der Waals surface area (Å²) in [6.07, 6.45) is 3.37. The molecule has 1 aromatic carbocycles. The van der Waals surface area contributed by atoms with Gasteiger partial charge in [-0.25, -0.2) is 4.79 Å². The molecule has 1 N–H and O–H groups in total. The molecule has 0 spiro atoms. The molecule has 98 valence electrons. The van der Waals surface area contributed by atoms with Crippen LogP contribution >= 0.6 is 0 Å². The van der Waals surface area contributed by atoms with E-state index < -0.39 is 11.6 Å². The Bertz CT molecular complexity index is 451. The maximum absolute atomic E-state index is 11.3. The van der Waals surface area contributed by atoms with Crippen LogP contribution in [-0.4, -0.2) is 30.4 Å². The molecule has 4 nitrogen and oxygen atoms in total. The third kappa shape index (κ3) is 2.64. The summed E-state index contributed by atoms with van der Waals surface area (Å²) in [7, 11) is 1.24. The van der Waals surface area contributed by atoms with Gasteiger partial charge < -0.3 is 14.6 Å². The molecule has 0 fully saturated rings. The molecule has 1 atom stereocenters. The van der Waals surface area contributed by atoms with Crippen molar-refractivity contribution in [1.82, 2.24) is 0 Å². The first-order valence-corrected chi connectivity index (χ1v) is 6.08. The number of rotatable bonds is 4. The van der Waals surface area contributed by atoms with Gasteiger partial charge in [0.1, 0.15) is 12.4 Å². The van der Waals surface area contributed by atoms with Gasteiger partial charge in [0.25, 0.3) is 0 Å². The molecule has 4 heteroatoms. The van der Waals surface area contributed by atoms with Gasteiger partial charge in [-0.2, -0.15) is 0 Å². The molecule has 1 unspecified atom stereocenters. The van der Waals surface area contributed by atoms with Crippen molar-refractivity contribution in [2.75, 3.05) is 13.7 Å². The number of hydrogen-bond donors (Lipinski definition) is 1. The number of ether oxygens (including phenoxy) is 2. The predicted octanol–water partition coefficient (Wildman–Crippen LogP) is 1.48. The molecule has 0 radical (unpaired) electrons. The second-order valence-electron chi connectivity index (χ2n) is 4.84. The zero-order valence-corrected chi connectivity index (χ0v) is 10.7. The lowest BCUT2D eigenvalue weighted by Crippen LogP contribution is -2.42. The highest BCUT2D eigenvalue weighted by atomic mass is 16.6. The standard InChI is InChI=1S/C14H18O4/c1-14(16,13(15)17-2)9-18-12-7-6-10-4-3-5-11(10)8-12/h6-8,16H,3-5,9H2,1-2H3. The van der Waals surface area contributed by atoms with Gasteiger partial charge in [0.15, 0.2) is 5.60 Å². The molecule has 0 bridgehead atoms. The van der Waals surface area contributed by atoms with Crippen molar-refractivity contribution in [3.8, 4) is 5.75 Å². The minimum atomic E-state index is -1.62. The van der Waals surface area contributed by atoms with E-state index in [1.54, 1.807) is 0 Å². The number of methoxy groups -OCH3 is 1. The average molecular weight is 250 g/mol. The van der Waals surface area contributed by atoms with Crippen molar-refractivity contribution >= 4 is 5.97 Å². The van der Waals surface area contributed by atoms with Crippen LogP contribution < -0.4 is 4.74 Å². The molecule has 1 aliphatic rings. The highest BCUT2D eigenvalue weighted by Gasteiger charge is 2.32. The van der Waals surface area contributed by atoms with E-state index in [0.29, 0.717) is 5.75 Å². The summed E-state index contributed by atoms with van der Waals surface area (Å²) in [5, 5.41) is 9.84. The summed E-state index contributed by atoms with van der Waals surface area (Å²) in [6.45, 7) is 1.27. The number of fused-ring (bicyclic) bond motifs is 1. The first-order valence-electron chi connectivity index (χ1n) is 6.08. The van der Waals surface area contributed by atoms with E-state index in [1.165, 1.54) is 31.6 Å². The van der Waals surface area contributed by atoms with Gasteiger partial charge in [-0.05, 0) is 49.4 Å². The summed E-state index contributed by atoms with van der Waals surface area (Å²) in [6, 6.07) is 5.90. The SMILES string of the molecule is COC(=O)C(C)(O)COc1ccc2c(c1)CCC2. The molecule has 0 aliphatic heterocycles. The minimum Gasteiger partial charge on any atom is -0.490 e. The fraction of sp³-hybridized carbons (Fsp3) is 0.500. The molecule has 1 aliphatic carbocycles. The predicted molar refractivity (Wildman–Crippen MR) is 66.6 cm³/mol. The third-order valence-corrected chi connectivity index (χ3v) is 3.21. The summed E-state index contributed by atoms with van der Waals surface area (Å²) < 4.78 is 9.98. The Kier molecular flexibility index (Phi) is 3.57. The molecular formula is C14H18O4. The maximum Gasteiger partial charge on any atom is 0.341 e. The molecule has 0 amide bonds. The lowest BCUT2D eigenvalue weighted by molar-refractivity contribution is -0.163. The van der Waals surface area contributed by atoms with Crippen molar-refractivity contribution in [2.24, 2.45) is 0 Å². The Labute approximate surface area is 107 Å². The van der Waals surface area contributed by atoms with Gasteiger partial charge in [-0.15, -0.1) is 0 Å². The van der Waals surface area contributed by atoms with Crippen LogP contribution in [0.2, 0.25) is 0 Å². The quantitative estimate of drug-likeness (QED) is 0.822. The van der Waals surface area contributed by atoms with Crippen LogP contribution in [0.4, 0.5) is 0 Å². The lowest BCUT2D eigenvalue weighted by Gasteiger charge is -2.20. The van der Waals surface area contributed by atoms with Crippen molar-refractivity contribution in [3.63, 3.8) is 0 Å². The highest BCUT2D eigenvalue weighted by molar-refractivity contribution is 5.78. The third-order valence-electron chi connectivity index (χ3n) is 3.21. The van der Waals surface area contributed by atoms with E-state index >= 15 is 0 Å². The molecule has 18 heavy (non-hydrogen) atoms. The van der Waals surface area contributed by atoms with E-state index in [-0.39, 0.29) is 6.61 Å². The number of aliphatic hydroxyl groups is 1. The largest absolute Gasteiger partial charge is 0.490 e. The fourth-order valence-electron chi connectivity index (χ4n) is 2.14. The molecule has 0 heterocycles. The van der Waals surface area contributed by atoms with Crippen LogP contribution in [0.5, 0.6) is 5.75 Å². The Balaban J connectivity index is 2.00. The first-order chi connectivity index (χ1) is 8.53. The second-order valence-corrected chi connectivity index (χ2v) is 4.84. The van der Waals surface area contributed by atoms with E-state index in [0.717, 1.165) is 12.8 Å². The summed E-state index contributed by atoms with van der Waals surface area (Å²) in [5.41, 5.74) is 1.04. The van der Waals surface area contributed by atoms with Crippen molar-refractivity contribution in [3.05, 3.63) is 29.3 Å². The molecule has 0 saturated carbocycles. The van der Waals surface area contributed by atoms with Gasteiger partial charge in [0, 0.05) is 0 Å². The fourth-order valence-corrected chi connectivity index (χ4v) is 2.14. The van der Waals surface area contributed by atoms with E-state index in [9.17, 15) is 9.90 Å². The number of benzene rings is 1. The maximum atomic E-state index is 11.3. The lowest BCUT2D eigenvalue weighted by atomic mass is 10.1. The number of hydrogen-bond acceptors (Lipinski definition) is 4. The smallest absolute Gasteiger partial charge is 0.341 e. The van der Waals surface area contributed by atoms with Crippen LogP contribution in [0.25, 0.3) is 0 Å². The summed E-state index contributed by atoms with van der Waals surface area (Å²) in [4.78, 5) is 11.3. The van der Waals surface area contributed by atoms with Gasteiger partial charge >= 0.3 is 5.97 Å². The van der Waals surface area contributed by atoms with E-state index in [4.69, 9.17) is 4.74 Å². The Morgan fingerprint density at radius 3 is 2.83 bits per heavy atom. The number of carbonyl (C=O) groups is 1. The number of carbonyl (C=O) groups excluding carboxylic acids is 1. The Morgan fingerprint density at radius 1 is 1.39 bits per heavy atom. The molecule has 2 rings (SSSR count). The summed E-state index contributed by atoms with van der Waals surface area (Å²) >= 11 is 0. The van der Waals surface area contributed by atoms with Crippen LogP contribution in [0.15, 0.2) is 18.2 Å². The Morgan fingerprint density at radius 2 is 2.11 bits per heavy atom. The van der Waals surface area contributed by atoms with Gasteiger partial charge in [0.2, 0.25) is 0 Å². The summed E-state index contributed by atoms with van der Waals surface area (Å²) in [5.74, 6) is -0.0107. The highest BCUT2D eigenvalue weighted by Crippen LogP contribution is 2.26. The number of esters is 1. The molecular weight excluding hydrogens is 232 g/mol. The minimum absolute atomic E-state index is 0.113. The van der Waals surface area contributed by atoms with Crippen LogP contribution in [0.3, 0.4) is 0 Å². The van der Waals surface area contributed by atoms with Crippen LogP contribution in [0.1, 0.15) is 24.5 Å². The monoisotopic (exact) mass is 250 g/mol. The average Bonchev–Trinajstić information content (AvgIpc) is 2.82. The Hall–Kier alpha value is -1.55. The zero-order chi connectivity index (χ0) is 13.2. The first kappa shape index (κ1) is 12.9. The van der Waals surface area contributed by atoms with Crippen molar-refractivity contribution in [2.45, 2.75) is 31.8 Å². The molecule has 1 aromatic rings. The zero-order valence-electron chi connectivity index (χ0n) is 10.7. The van der Waals surface area contributed by atoms with Gasteiger partial charge in [-0.1, -0.05) is 6.07 Å². The van der Waals surface area contributed by atoms with E-state index in [2.05, 4.69) is 4.74 Å². The van der Waals surface area contributed by atoms with E-state index in [1.807, 2.05) is 18.2 Å². The van der Waals surface area contributed by atoms with Crippen molar-refractivity contribution in [1.29, 1.82) is 0 Å². The van der Waals surface area contributed by atoms with Crippen LogP contribution in [0, 0.1) is 0 Å². The topological polar surface area (TPSA) is 55.8 Å². The second kappa shape index (κ2) is 4.98. The van der Waals surface area contributed by atoms with Gasteiger partial charge in [0.05, 0.1) is 7.11 Å². The van der Waals surface area contributed by atoms with Crippen LogP contribution in [-0.2, 0) is 22.4 Å². The number of aryl methyl sites for hydroxylation is 2.